The molecule has 0 saturated carbocycles. The molecule has 16 heavy (non-hydrogen) atoms. The molecular formula is C11H24ClN3O. The molecule has 2 unspecified atom stereocenters. The summed E-state index contributed by atoms with van der Waals surface area (Å²) in [6, 6.07) is 0.452. The molecule has 1 saturated heterocycles. The molecule has 4 nitrogen and oxygen atoms in total. The lowest BCUT2D eigenvalue weighted by molar-refractivity contribution is -0.126. The molecule has 0 spiro atoms. The number of carbonyl (C=O) groups excluding carboxylic acids is 1. The van der Waals surface area contributed by atoms with Crippen LogP contribution >= 0.6 is 12.4 Å². The summed E-state index contributed by atoms with van der Waals surface area (Å²) in [4.78, 5) is 14.0. The molecule has 3 N–H and O–H groups in total. The highest BCUT2D eigenvalue weighted by molar-refractivity contribution is 5.85. The van der Waals surface area contributed by atoms with Crippen molar-refractivity contribution in [2.45, 2.75) is 51.7 Å². The summed E-state index contributed by atoms with van der Waals surface area (Å²) in [5.74, 6) is 0.124. The first-order chi connectivity index (χ1) is 7.04. The number of carbonyl (C=O) groups is 1. The first kappa shape index (κ1) is 15.7. The number of hydrogen-bond acceptors (Lipinski definition) is 3. The van der Waals surface area contributed by atoms with Crippen LogP contribution in [0.5, 0.6) is 0 Å². The van der Waals surface area contributed by atoms with Gasteiger partial charge in [0.25, 0.3) is 0 Å². The Kier molecular flexibility index (Phi) is 6.95. The molecule has 0 bridgehead atoms. The molecule has 1 aliphatic heterocycles. The van der Waals surface area contributed by atoms with Gasteiger partial charge in [0.1, 0.15) is 0 Å². The van der Waals surface area contributed by atoms with Crippen molar-refractivity contribution in [3.8, 4) is 0 Å². The average molecular weight is 250 g/mol. The molecule has 3 atom stereocenters. The van der Waals surface area contributed by atoms with E-state index < -0.39 is 0 Å². The van der Waals surface area contributed by atoms with Crippen LogP contribution in [0.1, 0.15) is 33.6 Å². The Labute approximate surface area is 104 Å². The van der Waals surface area contributed by atoms with E-state index in [0.717, 1.165) is 25.9 Å². The van der Waals surface area contributed by atoms with Crippen molar-refractivity contribution in [2.24, 2.45) is 5.73 Å². The number of nitrogens with zero attached hydrogens (tertiary/aromatic N) is 1. The van der Waals surface area contributed by atoms with Crippen molar-refractivity contribution in [3.05, 3.63) is 0 Å². The predicted molar refractivity (Wildman–Crippen MR) is 68.8 cm³/mol. The van der Waals surface area contributed by atoms with Crippen LogP contribution in [0.2, 0.25) is 0 Å². The van der Waals surface area contributed by atoms with Crippen LogP contribution in [-0.4, -0.2) is 42.0 Å². The first-order valence-corrected chi connectivity index (χ1v) is 5.84. The maximum atomic E-state index is 11.8. The quantitative estimate of drug-likeness (QED) is 0.773. The monoisotopic (exact) mass is 249 g/mol. The van der Waals surface area contributed by atoms with E-state index in [-0.39, 0.29) is 36.4 Å². The molecule has 1 aliphatic rings. The third kappa shape index (κ3) is 4.28. The zero-order chi connectivity index (χ0) is 11.4. The normalized spacial score (nSPS) is 24.6. The molecule has 5 heteroatoms. The number of amides is 1. The smallest absolute Gasteiger partial charge is 0.237 e. The first-order valence-electron chi connectivity index (χ1n) is 5.84. The highest BCUT2D eigenvalue weighted by Gasteiger charge is 2.27. The molecule has 0 radical (unpaired) electrons. The largest absolute Gasteiger partial charge is 0.352 e. The molecule has 1 fully saturated rings. The van der Waals surface area contributed by atoms with Gasteiger partial charge in [0.2, 0.25) is 5.91 Å². The molecule has 0 aromatic carbocycles. The minimum absolute atomic E-state index is 0. The standard InChI is InChI=1S/C11H23N3O.ClH/c1-4-8(2)13-11(15)9(3)14-6-5-10(12)7-14;/h8-10H,4-7,12H2,1-3H3,(H,13,15);1H/t8?,9?,10-;/m1./s1. The number of hydrogen-bond donors (Lipinski definition) is 2. The van der Waals surface area contributed by atoms with Crippen LogP contribution in [0.3, 0.4) is 0 Å². The van der Waals surface area contributed by atoms with Crippen LogP contribution in [0.15, 0.2) is 0 Å². The van der Waals surface area contributed by atoms with E-state index >= 15 is 0 Å². The van der Waals surface area contributed by atoms with Gasteiger partial charge in [0.05, 0.1) is 6.04 Å². The molecule has 0 aromatic rings. The molecule has 1 heterocycles. The van der Waals surface area contributed by atoms with E-state index in [1.807, 2.05) is 13.8 Å². The molecule has 0 aliphatic carbocycles. The van der Waals surface area contributed by atoms with Gasteiger partial charge < -0.3 is 11.1 Å². The Morgan fingerprint density at radius 1 is 1.56 bits per heavy atom. The summed E-state index contributed by atoms with van der Waals surface area (Å²) >= 11 is 0. The average Bonchev–Trinajstić information content (AvgIpc) is 2.63. The number of rotatable bonds is 4. The zero-order valence-corrected chi connectivity index (χ0v) is 11.2. The van der Waals surface area contributed by atoms with Crippen molar-refractivity contribution >= 4 is 18.3 Å². The van der Waals surface area contributed by atoms with Crippen molar-refractivity contribution < 1.29 is 4.79 Å². The molecule has 0 aromatic heterocycles. The van der Waals surface area contributed by atoms with Gasteiger partial charge in [-0.1, -0.05) is 6.92 Å². The van der Waals surface area contributed by atoms with E-state index in [0.29, 0.717) is 0 Å². The van der Waals surface area contributed by atoms with Crippen molar-refractivity contribution in [2.75, 3.05) is 13.1 Å². The minimum atomic E-state index is -0.0486. The number of nitrogens with one attached hydrogen (secondary N) is 1. The van der Waals surface area contributed by atoms with E-state index in [4.69, 9.17) is 5.73 Å². The summed E-state index contributed by atoms with van der Waals surface area (Å²) in [5, 5.41) is 3.00. The van der Waals surface area contributed by atoms with Gasteiger partial charge in [-0.3, -0.25) is 9.69 Å². The second-order valence-electron chi connectivity index (χ2n) is 4.54. The highest BCUT2D eigenvalue weighted by Crippen LogP contribution is 2.11. The Balaban J connectivity index is 0.00000225. The van der Waals surface area contributed by atoms with Gasteiger partial charge >= 0.3 is 0 Å². The summed E-state index contributed by atoms with van der Waals surface area (Å²) < 4.78 is 0. The Morgan fingerprint density at radius 3 is 2.62 bits per heavy atom. The van der Waals surface area contributed by atoms with Crippen LogP contribution in [0, 0.1) is 0 Å². The fourth-order valence-electron chi connectivity index (χ4n) is 1.80. The second kappa shape index (κ2) is 7.09. The van der Waals surface area contributed by atoms with Crippen molar-refractivity contribution in [3.63, 3.8) is 0 Å². The van der Waals surface area contributed by atoms with Crippen LogP contribution < -0.4 is 11.1 Å². The molecule has 1 rings (SSSR count). The number of likely N-dealkylation sites (tertiary alicyclic amines) is 1. The lowest BCUT2D eigenvalue weighted by atomic mass is 10.2. The van der Waals surface area contributed by atoms with Crippen LogP contribution in [0.4, 0.5) is 0 Å². The second-order valence-corrected chi connectivity index (χ2v) is 4.54. The minimum Gasteiger partial charge on any atom is -0.352 e. The Hall–Kier alpha value is -0.320. The summed E-state index contributed by atoms with van der Waals surface area (Å²) in [6.45, 7) is 7.84. The highest BCUT2D eigenvalue weighted by atomic mass is 35.5. The maximum absolute atomic E-state index is 11.8. The topological polar surface area (TPSA) is 58.4 Å². The SMILES string of the molecule is CCC(C)NC(=O)C(C)N1CC[C@@H](N)C1.Cl. The predicted octanol–water partition coefficient (Wildman–Crippen LogP) is 0.744. The fourth-order valence-corrected chi connectivity index (χ4v) is 1.80. The summed E-state index contributed by atoms with van der Waals surface area (Å²) in [6.07, 6.45) is 1.97. The Morgan fingerprint density at radius 2 is 2.19 bits per heavy atom. The van der Waals surface area contributed by atoms with Gasteiger partial charge in [-0.05, 0) is 26.7 Å². The zero-order valence-electron chi connectivity index (χ0n) is 10.4. The third-order valence-corrected chi connectivity index (χ3v) is 3.18. The third-order valence-electron chi connectivity index (χ3n) is 3.18. The van der Waals surface area contributed by atoms with E-state index in [9.17, 15) is 4.79 Å². The van der Waals surface area contributed by atoms with E-state index in [1.54, 1.807) is 0 Å². The molecule has 1 amide bonds. The van der Waals surface area contributed by atoms with Crippen molar-refractivity contribution in [1.29, 1.82) is 0 Å². The van der Waals surface area contributed by atoms with Gasteiger partial charge in [0, 0.05) is 25.2 Å². The van der Waals surface area contributed by atoms with Crippen molar-refractivity contribution in [1.82, 2.24) is 10.2 Å². The molecular weight excluding hydrogens is 226 g/mol. The van der Waals surface area contributed by atoms with Gasteiger partial charge in [-0.2, -0.15) is 0 Å². The number of nitrogens with two attached hydrogens (primary N) is 1. The maximum Gasteiger partial charge on any atom is 0.237 e. The fraction of sp³-hybridized carbons (Fsp3) is 0.909. The van der Waals surface area contributed by atoms with Crippen LogP contribution in [0.25, 0.3) is 0 Å². The Bertz CT molecular complexity index is 225. The lowest BCUT2D eigenvalue weighted by Gasteiger charge is -2.24. The van der Waals surface area contributed by atoms with E-state index in [1.165, 1.54) is 0 Å². The van der Waals surface area contributed by atoms with E-state index in [2.05, 4.69) is 17.1 Å². The number of halogens is 1. The van der Waals surface area contributed by atoms with Gasteiger partial charge in [0.15, 0.2) is 0 Å². The summed E-state index contributed by atoms with van der Waals surface area (Å²) in [7, 11) is 0. The molecule has 96 valence electrons. The van der Waals surface area contributed by atoms with Crippen LogP contribution in [-0.2, 0) is 4.79 Å². The van der Waals surface area contributed by atoms with Gasteiger partial charge in [-0.25, -0.2) is 0 Å². The summed E-state index contributed by atoms with van der Waals surface area (Å²) in [5.41, 5.74) is 5.82. The van der Waals surface area contributed by atoms with Gasteiger partial charge in [-0.15, -0.1) is 12.4 Å². The lowest BCUT2D eigenvalue weighted by Crippen LogP contribution is -2.47.